The smallest absolute Gasteiger partial charge is 0.416 e. The van der Waals surface area contributed by atoms with E-state index in [1.54, 1.807) is 36.6 Å². The van der Waals surface area contributed by atoms with Gasteiger partial charge in [-0.2, -0.15) is 13.2 Å². The molecule has 1 saturated heterocycles. The van der Waals surface area contributed by atoms with Gasteiger partial charge in [0, 0.05) is 30.6 Å². The first-order valence-corrected chi connectivity index (χ1v) is 12.3. The zero-order valence-electron chi connectivity index (χ0n) is 19.7. The molecule has 10 heteroatoms. The van der Waals surface area contributed by atoms with Crippen LogP contribution in [0, 0.1) is 0 Å². The Morgan fingerprint density at radius 2 is 1.97 bits per heavy atom. The molecule has 6 nitrogen and oxygen atoms in total. The minimum absolute atomic E-state index is 0.0537. The van der Waals surface area contributed by atoms with Crippen molar-refractivity contribution in [3.05, 3.63) is 69.9 Å². The van der Waals surface area contributed by atoms with E-state index in [0.29, 0.717) is 49.0 Å². The van der Waals surface area contributed by atoms with Crippen LogP contribution in [0.25, 0.3) is 0 Å². The van der Waals surface area contributed by atoms with Crippen molar-refractivity contribution in [1.82, 2.24) is 9.80 Å². The van der Waals surface area contributed by atoms with Gasteiger partial charge in [0.05, 0.1) is 24.7 Å². The first-order valence-electron chi connectivity index (χ1n) is 11.5. The topological polar surface area (TPSA) is 54.4 Å². The van der Waals surface area contributed by atoms with Crippen molar-refractivity contribution in [3.8, 4) is 17.2 Å². The van der Waals surface area contributed by atoms with Crippen LogP contribution in [0.1, 0.15) is 22.9 Å². The third kappa shape index (κ3) is 4.77. The van der Waals surface area contributed by atoms with Gasteiger partial charge < -0.3 is 19.3 Å². The number of methoxy groups -OCH3 is 1. The summed E-state index contributed by atoms with van der Waals surface area (Å²) in [7, 11) is 1.54. The Morgan fingerprint density at radius 3 is 2.67 bits per heavy atom. The Hall–Kier alpha value is -3.53. The molecule has 36 heavy (non-hydrogen) atoms. The number of carbonyl (C=O) groups excluding carboxylic acids is 1. The van der Waals surface area contributed by atoms with E-state index >= 15 is 0 Å². The molecule has 188 valence electrons. The van der Waals surface area contributed by atoms with Crippen LogP contribution in [-0.4, -0.2) is 54.3 Å². The second-order valence-electron chi connectivity index (χ2n) is 8.72. The number of amides is 1. The van der Waals surface area contributed by atoms with Gasteiger partial charge in [0.15, 0.2) is 5.75 Å². The predicted octanol–water partition coefficient (Wildman–Crippen LogP) is 5.73. The zero-order valence-corrected chi connectivity index (χ0v) is 20.5. The molecule has 0 aliphatic carbocycles. The van der Waals surface area contributed by atoms with Crippen molar-refractivity contribution in [2.24, 2.45) is 4.99 Å². The summed E-state index contributed by atoms with van der Waals surface area (Å²) >= 11 is 1.55. The number of amidine groups is 1. The molecule has 1 aromatic heterocycles. The van der Waals surface area contributed by atoms with Gasteiger partial charge in [-0.3, -0.25) is 4.79 Å². The number of halogens is 3. The van der Waals surface area contributed by atoms with Crippen molar-refractivity contribution < 1.29 is 27.4 Å². The number of ether oxygens (including phenoxy) is 2. The van der Waals surface area contributed by atoms with E-state index in [1.807, 2.05) is 34.2 Å². The monoisotopic (exact) mass is 515 g/mol. The van der Waals surface area contributed by atoms with Crippen LogP contribution >= 0.6 is 11.3 Å². The lowest BCUT2D eigenvalue weighted by Gasteiger charge is -2.41. The van der Waals surface area contributed by atoms with E-state index in [4.69, 9.17) is 9.47 Å². The highest BCUT2D eigenvalue weighted by Gasteiger charge is 2.34. The third-order valence-corrected chi connectivity index (χ3v) is 7.19. The zero-order chi connectivity index (χ0) is 25.4. The summed E-state index contributed by atoms with van der Waals surface area (Å²) < 4.78 is 51.7. The number of benzene rings is 2. The molecule has 0 N–H and O–H groups in total. The van der Waals surface area contributed by atoms with Gasteiger partial charge in [0.1, 0.15) is 23.0 Å². The SMILES string of the molecule is COc1ccc2c(c1)C(N1CCN(C(=O)Cc3cccs3)C(C)C1)=Nc1cc(C(F)(F)F)ccc1O2. The number of hydrogen-bond donors (Lipinski definition) is 0. The number of thiophene rings is 1. The van der Waals surface area contributed by atoms with Gasteiger partial charge in [-0.05, 0) is 54.8 Å². The maximum absolute atomic E-state index is 13.4. The average Bonchev–Trinajstić information content (AvgIpc) is 3.29. The average molecular weight is 516 g/mol. The number of nitrogens with zero attached hydrogens (tertiary/aromatic N) is 3. The van der Waals surface area contributed by atoms with E-state index in [1.165, 1.54) is 6.07 Å². The van der Waals surface area contributed by atoms with E-state index in [-0.39, 0.29) is 23.4 Å². The van der Waals surface area contributed by atoms with Crippen molar-refractivity contribution in [1.29, 1.82) is 0 Å². The van der Waals surface area contributed by atoms with E-state index in [2.05, 4.69) is 4.99 Å². The number of aliphatic imine (C=N–C) groups is 1. The number of rotatable bonds is 3. The maximum Gasteiger partial charge on any atom is 0.416 e. The summed E-state index contributed by atoms with van der Waals surface area (Å²) in [5.41, 5.74) is -0.0858. The molecule has 0 radical (unpaired) electrons. The molecule has 3 aromatic rings. The molecule has 0 spiro atoms. The summed E-state index contributed by atoms with van der Waals surface area (Å²) in [6.07, 6.45) is -4.15. The van der Waals surface area contributed by atoms with Crippen LogP contribution in [0.2, 0.25) is 0 Å². The quantitative estimate of drug-likeness (QED) is 0.447. The van der Waals surface area contributed by atoms with Gasteiger partial charge in [-0.25, -0.2) is 4.99 Å². The molecule has 1 fully saturated rings. The molecule has 2 aliphatic rings. The Kier molecular flexibility index (Phi) is 6.38. The summed E-state index contributed by atoms with van der Waals surface area (Å²) in [4.78, 5) is 22.5. The highest BCUT2D eigenvalue weighted by atomic mass is 32.1. The fourth-order valence-electron chi connectivity index (χ4n) is 4.49. The Bertz CT molecular complexity index is 1310. The number of carbonyl (C=O) groups is 1. The van der Waals surface area contributed by atoms with Gasteiger partial charge in [0.2, 0.25) is 5.91 Å². The van der Waals surface area contributed by atoms with Crippen LogP contribution in [0.4, 0.5) is 18.9 Å². The minimum Gasteiger partial charge on any atom is -0.497 e. The molecule has 3 heterocycles. The van der Waals surface area contributed by atoms with E-state index < -0.39 is 11.7 Å². The van der Waals surface area contributed by atoms with Gasteiger partial charge in [-0.1, -0.05) is 6.07 Å². The lowest BCUT2D eigenvalue weighted by Crippen LogP contribution is -2.55. The first kappa shape index (κ1) is 24.2. The highest BCUT2D eigenvalue weighted by molar-refractivity contribution is 7.10. The summed E-state index contributed by atoms with van der Waals surface area (Å²) in [5, 5.41) is 1.95. The molecule has 1 atom stereocenters. The number of piperazine rings is 1. The number of hydrogen-bond acceptors (Lipinski definition) is 6. The van der Waals surface area contributed by atoms with Crippen molar-refractivity contribution >= 4 is 28.8 Å². The summed E-state index contributed by atoms with van der Waals surface area (Å²) in [6, 6.07) is 12.3. The minimum atomic E-state index is -4.50. The van der Waals surface area contributed by atoms with Crippen LogP contribution in [0.5, 0.6) is 17.2 Å². The lowest BCUT2D eigenvalue weighted by molar-refractivity contribution is -0.137. The van der Waals surface area contributed by atoms with Crippen LogP contribution in [0.3, 0.4) is 0 Å². The molecule has 1 unspecified atom stereocenters. The maximum atomic E-state index is 13.4. The highest BCUT2D eigenvalue weighted by Crippen LogP contribution is 2.42. The molecule has 0 bridgehead atoms. The fourth-order valence-corrected chi connectivity index (χ4v) is 5.18. The van der Waals surface area contributed by atoms with Gasteiger partial charge in [0.25, 0.3) is 0 Å². The Labute approximate surface area is 210 Å². The van der Waals surface area contributed by atoms with Crippen LogP contribution in [-0.2, 0) is 17.4 Å². The van der Waals surface area contributed by atoms with Crippen molar-refractivity contribution in [3.63, 3.8) is 0 Å². The van der Waals surface area contributed by atoms with Crippen LogP contribution < -0.4 is 9.47 Å². The predicted molar refractivity (Wildman–Crippen MR) is 131 cm³/mol. The molecule has 5 rings (SSSR count). The van der Waals surface area contributed by atoms with Gasteiger partial charge >= 0.3 is 6.18 Å². The second-order valence-corrected chi connectivity index (χ2v) is 9.75. The number of fused-ring (bicyclic) bond motifs is 2. The first-order chi connectivity index (χ1) is 17.2. The number of alkyl halides is 3. The molecule has 1 amide bonds. The fraction of sp³-hybridized carbons (Fsp3) is 0.308. The second kappa shape index (κ2) is 9.50. The van der Waals surface area contributed by atoms with Crippen molar-refractivity contribution in [2.45, 2.75) is 25.6 Å². The standard InChI is InChI=1S/C26H24F3N3O3S/c1-16-15-31(9-10-32(16)24(33)14-19-4-3-11-36-19)25-20-13-18(34-2)6-8-22(20)35-23-7-5-17(26(27,28)29)12-21(23)30-25/h3-8,11-13,16H,9-10,14-15H2,1-2H3. The Balaban J connectivity index is 1.48. The van der Waals surface area contributed by atoms with Gasteiger partial charge in [-0.15, -0.1) is 11.3 Å². The van der Waals surface area contributed by atoms with Crippen molar-refractivity contribution in [2.75, 3.05) is 26.7 Å². The third-order valence-electron chi connectivity index (χ3n) is 6.31. The summed E-state index contributed by atoms with van der Waals surface area (Å²) in [5.74, 6) is 1.82. The molecule has 2 aliphatic heterocycles. The lowest BCUT2D eigenvalue weighted by atomic mass is 10.1. The van der Waals surface area contributed by atoms with Crippen LogP contribution in [0.15, 0.2) is 58.9 Å². The summed E-state index contributed by atoms with van der Waals surface area (Å²) in [6.45, 7) is 3.39. The molecular formula is C26H24F3N3O3S. The largest absolute Gasteiger partial charge is 0.497 e. The van der Waals surface area contributed by atoms with E-state index in [9.17, 15) is 18.0 Å². The van der Waals surface area contributed by atoms with E-state index in [0.717, 1.165) is 17.0 Å². The molecule has 2 aromatic carbocycles. The Morgan fingerprint density at radius 1 is 1.17 bits per heavy atom. The molecule has 0 saturated carbocycles. The normalized spacial score (nSPS) is 17.5. The molecular weight excluding hydrogens is 491 g/mol.